The fourth-order valence-electron chi connectivity index (χ4n) is 3.37. The number of halogens is 3. The zero-order valence-electron chi connectivity index (χ0n) is 15.2. The standard InChI is InChI=1S/C21H20F3N3S/c22-21(23,24)17-6-4-5-16(13-17)19-15-28-20(25-19)14-26-9-11-27(12-10-26)18-7-2-1-3-8-18/h1-8,13,15H,9-12,14H2. The van der Waals surface area contributed by atoms with Crippen LogP contribution in [0.5, 0.6) is 0 Å². The maximum atomic E-state index is 12.9. The van der Waals surface area contributed by atoms with Crippen molar-refractivity contribution in [3.8, 4) is 11.3 Å². The number of aromatic nitrogens is 1. The van der Waals surface area contributed by atoms with E-state index in [1.807, 2.05) is 23.6 Å². The predicted octanol–water partition coefficient (Wildman–Crippen LogP) is 5.15. The summed E-state index contributed by atoms with van der Waals surface area (Å²) in [6.45, 7) is 4.51. The van der Waals surface area contributed by atoms with Crippen LogP contribution in [0.25, 0.3) is 11.3 Å². The molecule has 1 aliphatic heterocycles. The summed E-state index contributed by atoms with van der Waals surface area (Å²) >= 11 is 1.50. The lowest BCUT2D eigenvalue weighted by atomic mass is 10.1. The summed E-state index contributed by atoms with van der Waals surface area (Å²) in [5.41, 5.74) is 1.71. The number of hydrogen-bond acceptors (Lipinski definition) is 4. The highest BCUT2D eigenvalue weighted by Crippen LogP contribution is 2.32. The molecule has 2 aromatic carbocycles. The fraction of sp³-hybridized carbons (Fsp3) is 0.286. The molecule has 0 spiro atoms. The molecule has 0 aliphatic carbocycles. The van der Waals surface area contributed by atoms with Crippen LogP contribution in [0.1, 0.15) is 10.6 Å². The molecule has 0 radical (unpaired) electrons. The molecule has 0 bridgehead atoms. The molecule has 0 atom stereocenters. The van der Waals surface area contributed by atoms with Crippen molar-refractivity contribution in [1.29, 1.82) is 0 Å². The Hall–Kier alpha value is -2.38. The van der Waals surface area contributed by atoms with Crippen LogP contribution in [0.4, 0.5) is 18.9 Å². The second-order valence-electron chi connectivity index (χ2n) is 6.80. The first-order valence-corrected chi connectivity index (χ1v) is 10.0. The van der Waals surface area contributed by atoms with Crippen LogP contribution < -0.4 is 4.90 Å². The Morgan fingerprint density at radius 3 is 2.39 bits per heavy atom. The molecular weight excluding hydrogens is 383 g/mol. The minimum atomic E-state index is -4.34. The minimum Gasteiger partial charge on any atom is -0.369 e. The number of rotatable bonds is 4. The van der Waals surface area contributed by atoms with Gasteiger partial charge in [-0.25, -0.2) is 4.98 Å². The molecule has 28 heavy (non-hydrogen) atoms. The molecule has 0 amide bonds. The van der Waals surface area contributed by atoms with E-state index >= 15 is 0 Å². The van der Waals surface area contributed by atoms with Gasteiger partial charge in [0.2, 0.25) is 0 Å². The number of hydrogen-bond donors (Lipinski definition) is 0. The average molecular weight is 403 g/mol. The third kappa shape index (κ3) is 4.36. The lowest BCUT2D eigenvalue weighted by Crippen LogP contribution is -2.45. The van der Waals surface area contributed by atoms with Crippen LogP contribution in [-0.2, 0) is 12.7 Å². The van der Waals surface area contributed by atoms with Crippen LogP contribution >= 0.6 is 11.3 Å². The van der Waals surface area contributed by atoms with Crippen molar-refractivity contribution in [3.05, 3.63) is 70.5 Å². The molecule has 4 rings (SSSR count). The van der Waals surface area contributed by atoms with E-state index < -0.39 is 11.7 Å². The van der Waals surface area contributed by atoms with E-state index in [1.54, 1.807) is 6.07 Å². The highest BCUT2D eigenvalue weighted by atomic mass is 32.1. The molecule has 0 unspecified atom stereocenters. The zero-order valence-corrected chi connectivity index (χ0v) is 16.0. The van der Waals surface area contributed by atoms with Gasteiger partial charge in [-0.15, -0.1) is 11.3 Å². The fourth-order valence-corrected chi connectivity index (χ4v) is 4.21. The lowest BCUT2D eigenvalue weighted by Gasteiger charge is -2.35. The Bertz CT molecular complexity index is 916. The van der Waals surface area contributed by atoms with Crippen LogP contribution in [-0.4, -0.2) is 36.1 Å². The molecule has 1 fully saturated rings. The molecule has 146 valence electrons. The van der Waals surface area contributed by atoms with Gasteiger partial charge in [0.15, 0.2) is 0 Å². The van der Waals surface area contributed by atoms with E-state index in [2.05, 4.69) is 26.9 Å². The van der Waals surface area contributed by atoms with Crippen LogP contribution in [0, 0.1) is 0 Å². The van der Waals surface area contributed by atoms with Crippen molar-refractivity contribution in [3.63, 3.8) is 0 Å². The molecule has 3 nitrogen and oxygen atoms in total. The Kier molecular flexibility index (Phi) is 5.37. The van der Waals surface area contributed by atoms with Crippen molar-refractivity contribution in [2.75, 3.05) is 31.1 Å². The second-order valence-corrected chi connectivity index (χ2v) is 7.75. The van der Waals surface area contributed by atoms with Crippen molar-refractivity contribution in [1.82, 2.24) is 9.88 Å². The summed E-state index contributed by atoms with van der Waals surface area (Å²) in [6.07, 6.45) is -4.34. The molecule has 1 saturated heterocycles. The Morgan fingerprint density at radius 2 is 1.68 bits per heavy atom. The van der Waals surface area contributed by atoms with E-state index in [4.69, 9.17) is 0 Å². The number of nitrogens with zero attached hydrogens (tertiary/aromatic N) is 3. The van der Waals surface area contributed by atoms with E-state index in [-0.39, 0.29) is 0 Å². The highest BCUT2D eigenvalue weighted by Gasteiger charge is 2.30. The van der Waals surface area contributed by atoms with Gasteiger partial charge in [0.25, 0.3) is 0 Å². The monoisotopic (exact) mass is 403 g/mol. The molecule has 3 aromatic rings. The van der Waals surface area contributed by atoms with Crippen LogP contribution in [0.3, 0.4) is 0 Å². The van der Waals surface area contributed by atoms with Gasteiger partial charge >= 0.3 is 6.18 Å². The molecule has 1 aliphatic rings. The summed E-state index contributed by atoms with van der Waals surface area (Å²) in [7, 11) is 0. The maximum absolute atomic E-state index is 12.9. The first-order valence-electron chi connectivity index (χ1n) is 9.13. The number of alkyl halides is 3. The minimum absolute atomic E-state index is 0.506. The third-order valence-corrected chi connectivity index (χ3v) is 5.72. The molecular formula is C21H20F3N3S. The van der Waals surface area contributed by atoms with Crippen LogP contribution in [0.2, 0.25) is 0 Å². The summed E-state index contributed by atoms with van der Waals surface area (Å²) in [6, 6.07) is 15.7. The first-order chi connectivity index (χ1) is 13.5. The second kappa shape index (κ2) is 7.93. The van der Waals surface area contributed by atoms with Gasteiger partial charge in [-0.05, 0) is 24.3 Å². The largest absolute Gasteiger partial charge is 0.416 e. The highest BCUT2D eigenvalue weighted by molar-refractivity contribution is 7.09. The molecule has 1 aromatic heterocycles. The number of para-hydroxylation sites is 1. The maximum Gasteiger partial charge on any atom is 0.416 e. The van der Waals surface area contributed by atoms with Crippen molar-refractivity contribution in [2.24, 2.45) is 0 Å². The summed E-state index contributed by atoms with van der Waals surface area (Å²) in [5.74, 6) is 0. The lowest BCUT2D eigenvalue weighted by molar-refractivity contribution is -0.137. The summed E-state index contributed by atoms with van der Waals surface area (Å²) in [4.78, 5) is 9.28. The van der Waals surface area contributed by atoms with E-state index in [0.29, 0.717) is 11.3 Å². The molecule has 7 heteroatoms. The Labute approximate surface area is 166 Å². The van der Waals surface area contributed by atoms with Gasteiger partial charge in [-0.3, -0.25) is 4.90 Å². The van der Waals surface area contributed by atoms with E-state index in [0.717, 1.165) is 49.9 Å². The molecule has 0 N–H and O–H groups in total. The van der Waals surface area contributed by atoms with Crippen LogP contribution in [0.15, 0.2) is 60.0 Å². The van der Waals surface area contributed by atoms with Gasteiger partial charge in [-0.1, -0.05) is 30.3 Å². The van der Waals surface area contributed by atoms with Crippen molar-refractivity contribution < 1.29 is 13.2 Å². The normalized spacial score (nSPS) is 15.8. The number of benzene rings is 2. The number of thiazole rings is 1. The Balaban J connectivity index is 1.38. The zero-order chi connectivity index (χ0) is 19.6. The number of piperazine rings is 1. The average Bonchev–Trinajstić information content (AvgIpc) is 3.17. The summed E-state index contributed by atoms with van der Waals surface area (Å²) < 4.78 is 38.8. The van der Waals surface area contributed by atoms with Gasteiger partial charge in [0, 0.05) is 42.8 Å². The topological polar surface area (TPSA) is 19.4 Å². The SMILES string of the molecule is FC(F)(F)c1cccc(-c2csc(CN3CCN(c4ccccc4)CC3)n2)c1. The molecule has 2 heterocycles. The quantitative estimate of drug-likeness (QED) is 0.601. The third-order valence-electron chi connectivity index (χ3n) is 4.89. The predicted molar refractivity (Wildman–Crippen MR) is 106 cm³/mol. The van der Waals surface area contributed by atoms with Crippen molar-refractivity contribution in [2.45, 2.75) is 12.7 Å². The first kappa shape index (κ1) is 19.0. The van der Waals surface area contributed by atoms with Gasteiger partial charge in [-0.2, -0.15) is 13.2 Å². The van der Waals surface area contributed by atoms with Crippen molar-refractivity contribution >= 4 is 17.0 Å². The van der Waals surface area contributed by atoms with E-state index in [9.17, 15) is 13.2 Å². The summed E-state index contributed by atoms with van der Waals surface area (Å²) in [5, 5.41) is 2.77. The van der Waals surface area contributed by atoms with Gasteiger partial charge < -0.3 is 4.90 Å². The number of anilines is 1. The Morgan fingerprint density at radius 1 is 0.929 bits per heavy atom. The van der Waals surface area contributed by atoms with E-state index in [1.165, 1.54) is 23.1 Å². The molecule has 0 saturated carbocycles. The smallest absolute Gasteiger partial charge is 0.369 e. The van der Waals surface area contributed by atoms with Gasteiger partial charge in [0.05, 0.1) is 17.8 Å². The van der Waals surface area contributed by atoms with Gasteiger partial charge in [0.1, 0.15) is 5.01 Å².